The largest absolute Gasteiger partial charge is 0.497 e. The number of carbonyl (C=O) groups is 2. The number of rotatable bonds is 13. The van der Waals surface area contributed by atoms with Gasteiger partial charge in [-0.15, -0.1) is 11.8 Å². The van der Waals surface area contributed by atoms with Crippen molar-refractivity contribution in [1.29, 1.82) is 0 Å². The molecule has 0 aliphatic carbocycles. The fraction of sp³-hybridized carbons (Fsp3) is 0.481. The van der Waals surface area contributed by atoms with Crippen LogP contribution in [0.15, 0.2) is 42.5 Å². The minimum Gasteiger partial charge on any atom is -0.497 e. The van der Waals surface area contributed by atoms with E-state index < -0.39 is 0 Å². The van der Waals surface area contributed by atoms with Crippen molar-refractivity contribution >= 4 is 35.0 Å². The Morgan fingerprint density at radius 2 is 1.76 bits per heavy atom. The van der Waals surface area contributed by atoms with Gasteiger partial charge in [-0.3, -0.25) is 14.5 Å². The molecule has 1 atom stereocenters. The molecule has 0 aromatic heterocycles. The third-order valence-corrected chi connectivity index (χ3v) is 7.22. The lowest BCUT2D eigenvalue weighted by atomic mass is 10.1. The third-order valence-electron chi connectivity index (χ3n) is 6.02. The Balaban J connectivity index is 1.70. The molecule has 2 aromatic carbocycles. The number of thioether (sulfide) groups is 1. The van der Waals surface area contributed by atoms with E-state index in [0.717, 1.165) is 24.1 Å². The maximum atomic E-state index is 12.9. The van der Waals surface area contributed by atoms with Crippen LogP contribution in [0, 0.1) is 0 Å². The van der Waals surface area contributed by atoms with E-state index in [-0.39, 0.29) is 17.2 Å². The molecule has 7 heteroatoms. The molecule has 2 aromatic rings. The lowest BCUT2D eigenvalue weighted by Crippen LogP contribution is -2.29. The van der Waals surface area contributed by atoms with Crippen LogP contribution in [-0.2, 0) is 9.59 Å². The molecule has 0 spiro atoms. The van der Waals surface area contributed by atoms with Gasteiger partial charge in [0.2, 0.25) is 11.8 Å². The smallest absolute Gasteiger partial charge is 0.238 e. The first-order valence-corrected chi connectivity index (χ1v) is 13.2. The number of nitrogens with zero attached hydrogens (tertiary/aromatic N) is 1. The van der Waals surface area contributed by atoms with Crippen LogP contribution >= 0.6 is 11.8 Å². The van der Waals surface area contributed by atoms with Crippen LogP contribution in [0.4, 0.5) is 11.4 Å². The molecular formula is C27H36N2O4S. The van der Waals surface area contributed by atoms with Crippen LogP contribution in [0.1, 0.15) is 69.2 Å². The van der Waals surface area contributed by atoms with E-state index in [1.165, 1.54) is 32.1 Å². The predicted octanol–water partition coefficient (Wildman–Crippen LogP) is 6.56. The van der Waals surface area contributed by atoms with Crippen molar-refractivity contribution in [3.63, 3.8) is 0 Å². The summed E-state index contributed by atoms with van der Waals surface area (Å²) in [5.74, 6) is 1.61. The van der Waals surface area contributed by atoms with Crippen LogP contribution in [-0.4, -0.2) is 31.8 Å². The van der Waals surface area contributed by atoms with Gasteiger partial charge in [0.1, 0.15) is 16.9 Å². The zero-order chi connectivity index (χ0) is 24.3. The number of hydrogen-bond donors (Lipinski definition) is 1. The number of unbranched alkanes of at least 4 members (excludes halogenated alkanes) is 6. The highest BCUT2D eigenvalue weighted by Gasteiger charge is 2.37. The van der Waals surface area contributed by atoms with E-state index in [2.05, 4.69) is 12.2 Å². The summed E-state index contributed by atoms with van der Waals surface area (Å²) in [5.41, 5.74) is 2.34. The van der Waals surface area contributed by atoms with E-state index in [1.807, 2.05) is 36.4 Å². The second-order valence-corrected chi connectivity index (χ2v) is 9.54. The van der Waals surface area contributed by atoms with Crippen molar-refractivity contribution in [3.8, 4) is 11.5 Å². The van der Waals surface area contributed by atoms with Crippen molar-refractivity contribution in [2.24, 2.45) is 0 Å². The summed E-state index contributed by atoms with van der Waals surface area (Å²) in [6, 6.07) is 13.2. The van der Waals surface area contributed by atoms with Gasteiger partial charge in [-0.25, -0.2) is 0 Å². The maximum Gasteiger partial charge on any atom is 0.238 e. The summed E-state index contributed by atoms with van der Waals surface area (Å²) in [4.78, 5) is 27.3. The molecule has 1 aliphatic heterocycles. The van der Waals surface area contributed by atoms with Gasteiger partial charge in [0, 0.05) is 23.7 Å². The molecule has 3 rings (SSSR count). The first-order chi connectivity index (χ1) is 16.6. The highest BCUT2D eigenvalue weighted by atomic mass is 32.2. The molecular weight excluding hydrogens is 448 g/mol. The van der Waals surface area contributed by atoms with E-state index in [0.29, 0.717) is 29.4 Å². The molecule has 0 unspecified atom stereocenters. The van der Waals surface area contributed by atoms with Crippen molar-refractivity contribution in [1.82, 2.24) is 0 Å². The summed E-state index contributed by atoms with van der Waals surface area (Å²) < 4.78 is 10.9. The quantitative estimate of drug-likeness (QED) is 0.326. The number of anilines is 2. The molecule has 6 nitrogen and oxygen atoms in total. The van der Waals surface area contributed by atoms with Crippen molar-refractivity contribution in [2.75, 3.05) is 30.2 Å². The van der Waals surface area contributed by atoms with Gasteiger partial charge in [0.25, 0.3) is 0 Å². The van der Waals surface area contributed by atoms with Crippen LogP contribution in [0.25, 0.3) is 0 Å². The maximum absolute atomic E-state index is 12.9. The number of amides is 2. The highest BCUT2D eigenvalue weighted by Crippen LogP contribution is 2.47. The summed E-state index contributed by atoms with van der Waals surface area (Å²) >= 11 is 1.55. The second-order valence-electron chi connectivity index (χ2n) is 8.47. The molecule has 0 saturated carbocycles. The molecule has 184 valence electrons. The topological polar surface area (TPSA) is 67.9 Å². The Morgan fingerprint density at radius 3 is 2.50 bits per heavy atom. The van der Waals surface area contributed by atoms with E-state index in [4.69, 9.17) is 9.47 Å². The van der Waals surface area contributed by atoms with Crippen LogP contribution in [0.5, 0.6) is 11.5 Å². The molecule has 1 N–H and O–H groups in total. The van der Waals surface area contributed by atoms with Crippen molar-refractivity contribution in [3.05, 3.63) is 48.0 Å². The molecule has 0 bridgehead atoms. The molecule has 1 aliphatic rings. The lowest BCUT2D eigenvalue weighted by Gasteiger charge is -2.27. The molecule has 1 heterocycles. The first-order valence-electron chi connectivity index (χ1n) is 12.1. The predicted molar refractivity (Wildman–Crippen MR) is 140 cm³/mol. The van der Waals surface area contributed by atoms with Crippen molar-refractivity contribution in [2.45, 2.75) is 63.7 Å². The third kappa shape index (κ3) is 6.69. The summed E-state index contributed by atoms with van der Waals surface area (Å²) in [5, 5.41) is 2.83. The second kappa shape index (κ2) is 13.3. The molecule has 1 fully saturated rings. The fourth-order valence-corrected chi connectivity index (χ4v) is 5.38. The molecule has 1 saturated heterocycles. The highest BCUT2D eigenvalue weighted by molar-refractivity contribution is 8.00. The Labute approximate surface area is 207 Å². The lowest BCUT2D eigenvalue weighted by molar-refractivity contribution is -0.116. The van der Waals surface area contributed by atoms with Gasteiger partial charge in [-0.1, -0.05) is 63.6 Å². The first kappa shape index (κ1) is 25.9. The van der Waals surface area contributed by atoms with Gasteiger partial charge in [0.05, 0.1) is 25.7 Å². The van der Waals surface area contributed by atoms with Gasteiger partial charge >= 0.3 is 0 Å². The minimum atomic E-state index is -0.259. The van der Waals surface area contributed by atoms with Gasteiger partial charge in [-0.05, 0) is 24.6 Å². The molecule has 2 amide bonds. The minimum absolute atomic E-state index is 0.00247. The number of methoxy groups -OCH3 is 2. The number of carbonyl (C=O) groups excluding carboxylic acids is 2. The zero-order valence-corrected chi connectivity index (χ0v) is 21.3. The summed E-state index contributed by atoms with van der Waals surface area (Å²) in [6.45, 7) is 2.22. The Bertz CT molecular complexity index is 965. The molecule has 0 radical (unpaired) electrons. The summed E-state index contributed by atoms with van der Waals surface area (Å²) in [7, 11) is 3.18. The average Bonchev–Trinajstić information content (AvgIpc) is 3.24. The fourth-order valence-electron chi connectivity index (χ4n) is 4.18. The zero-order valence-electron chi connectivity index (χ0n) is 20.5. The van der Waals surface area contributed by atoms with Gasteiger partial charge < -0.3 is 14.8 Å². The Kier molecular flexibility index (Phi) is 10.1. The van der Waals surface area contributed by atoms with E-state index in [1.54, 1.807) is 36.9 Å². The van der Waals surface area contributed by atoms with Gasteiger partial charge in [-0.2, -0.15) is 0 Å². The average molecular weight is 485 g/mol. The number of para-hydroxylation sites is 1. The standard InChI is InChI=1S/C27H36N2O4S/c1-4-5-6-7-8-9-10-15-25(30)28-22-14-12-11-13-21(22)27-29(26(31)19-34-27)23-17-16-20(32-2)18-24(23)33-3/h11-14,16-18,27H,4-10,15,19H2,1-3H3,(H,28,30)/t27-/m0/s1. The van der Waals surface area contributed by atoms with Crippen LogP contribution < -0.4 is 19.7 Å². The normalized spacial score (nSPS) is 15.4. The summed E-state index contributed by atoms with van der Waals surface area (Å²) in [6.07, 6.45) is 8.73. The Morgan fingerprint density at radius 1 is 1.03 bits per heavy atom. The van der Waals surface area contributed by atoms with Crippen LogP contribution in [0.3, 0.4) is 0 Å². The van der Waals surface area contributed by atoms with E-state index >= 15 is 0 Å². The van der Waals surface area contributed by atoms with Crippen molar-refractivity contribution < 1.29 is 19.1 Å². The van der Waals surface area contributed by atoms with Crippen LogP contribution in [0.2, 0.25) is 0 Å². The SMILES string of the molecule is CCCCCCCCCC(=O)Nc1ccccc1[C@@H]1SCC(=O)N1c1ccc(OC)cc1OC. The number of nitrogens with one attached hydrogen (secondary N) is 1. The van der Waals surface area contributed by atoms with E-state index in [9.17, 15) is 9.59 Å². The molecule has 34 heavy (non-hydrogen) atoms. The number of ether oxygens (including phenoxy) is 2. The Hall–Kier alpha value is -2.67. The monoisotopic (exact) mass is 484 g/mol. The number of benzene rings is 2. The van der Waals surface area contributed by atoms with Gasteiger partial charge in [0.15, 0.2) is 0 Å². The number of hydrogen-bond acceptors (Lipinski definition) is 5.